The van der Waals surface area contributed by atoms with Crippen molar-refractivity contribution in [2.45, 2.75) is 37.6 Å². The molecule has 1 aromatic rings. The number of benzene rings is 1. The highest BCUT2D eigenvalue weighted by molar-refractivity contribution is 5.13. The molecular weight excluding hydrogens is 236 g/mol. The van der Waals surface area contributed by atoms with Crippen molar-refractivity contribution in [1.82, 2.24) is 0 Å². The van der Waals surface area contributed by atoms with E-state index in [9.17, 15) is 10.2 Å². The molecule has 0 unspecified atom stereocenters. The van der Waals surface area contributed by atoms with E-state index in [1.807, 2.05) is 30.3 Å². The van der Waals surface area contributed by atoms with Gasteiger partial charge in [-0.1, -0.05) is 30.3 Å². The molecule has 0 saturated carbocycles. The molecule has 0 aliphatic carbocycles. The van der Waals surface area contributed by atoms with E-state index in [1.165, 1.54) is 0 Å². The van der Waals surface area contributed by atoms with Gasteiger partial charge in [0.25, 0.3) is 0 Å². The predicted molar refractivity (Wildman–Crippen MR) is 63.6 cm³/mol. The van der Waals surface area contributed by atoms with E-state index in [0.717, 1.165) is 5.56 Å². The average Bonchev–Trinajstić information content (AvgIpc) is 2.41. The van der Waals surface area contributed by atoms with Gasteiger partial charge in [-0.05, 0) is 5.56 Å². The fourth-order valence-corrected chi connectivity index (χ4v) is 1.94. The normalized spacial score (nSPS) is 32.4. The van der Waals surface area contributed by atoms with Crippen molar-refractivity contribution in [3.63, 3.8) is 0 Å². The molecule has 18 heavy (non-hydrogen) atoms. The Balaban J connectivity index is 1.86. The van der Waals surface area contributed by atoms with Crippen LogP contribution in [0.1, 0.15) is 12.0 Å². The van der Waals surface area contributed by atoms with Gasteiger partial charge in [0.1, 0.15) is 12.2 Å². The Labute approximate surface area is 106 Å². The molecule has 1 fully saturated rings. The van der Waals surface area contributed by atoms with E-state index >= 15 is 0 Å². The van der Waals surface area contributed by atoms with Crippen LogP contribution in [0, 0.1) is 0 Å². The first-order chi connectivity index (χ1) is 8.70. The van der Waals surface area contributed by atoms with Crippen LogP contribution in [0.3, 0.4) is 0 Å². The summed E-state index contributed by atoms with van der Waals surface area (Å²) < 4.78 is 10.9. The average molecular weight is 254 g/mol. The third-order valence-corrected chi connectivity index (χ3v) is 2.99. The summed E-state index contributed by atoms with van der Waals surface area (Å²) in [6, 6.07) is 9.60. The Bertz CT molecular complexity index is 356. The van der Waals surface area contributed by atoms with Gasteiger partial charge in [0, 0.05) is 6.42 Å². The third kappa shape index (κ3) is 3.28. The van der Waals surface area contributed by atoms with Gasteiger partial charge in [0.15, 0.2) is 6.29 Å². The van der Waals surface area contributed by atoms with Crippen LogP contribution in [0.2, 0.25) is 0 Å². The molecule has 0 radical (unpaired) electrons. The van der Waals surface area contributed by atoms with Crippen LogP contribution in [0.15, 0.2) is 30.3 Å². The van der Waals surface area contributed by atoms with Gasteiger partial charge in [0.05, 0.1) is 19.3 Å². The van der Waals surface area contributed by atoms with Crippen molar-refractivity contribution in [2.24, 2.45) is 0 Å². The Morgan fingerprint density at radius 2 is 1.94 bits per heavy atom. The smallest absolute Gasteiger partial charge is 0.161 e. The Hall–Kier alpha value is -0.980. The van der Waals surface area contributed by atoms with Crippen molar-refractivity contribution in [3.8, 4) is 0 Å². The van der Waals surface area contributed by atoms with E-state index in [1.54, 1.807) is 0 Å². The molecule has 0 amide bonds. The maximum absolute atomic E-state index is 9.63. The van der Waals surface area contributed by atoms with Crippen LogP contribution in [0.25, 0.3) is 0 Å². The summed E-state index contributed by atoms with van der Waals surface area (Å²) in [6.07, 6.45) is -3.21. The Morgan fingerprint density at radius 3 is 2.61 bits per heavy atom. The standard InChI is InChI=1S/C13H18O5/c14-7-11-13(16)10(15)6-12(18-11)17-8-9-4-2-1-3-5-9/h1-5,10-16H,6-8H2/t10-,11-,12+,13-/m1/s1. The number of rotatable bonds is 4. The zero-order chi connectivity index (χ0) is 13.0. The van der Waals surface area contributed by atoms with Crippen molar-refractivity contribution < 1.29 is 24.8 Å². The lowest BCUT2D eigenvalue weighted by Gasteiger charge is -2.36. The van der Waals surface area contributed by atoms with Crippen molar-refractivity contribution in [1.29, 1.82) is 0 Å². The molecule has 4 atom stereocenters. The maximum atomic E-state index is 9.63. The van der Waals surface area contributed by atoms with E-state index in [2.05, 4.69) is 0 Å². The van der Waals surface area contributed by atoms with Gasteiger partial charge in [-0.15, -0.1) is 0 Å². The summed E-state index contributed by atoms with van der Waals surface area (Å²) in [4.78, 5) is 0. The van der Waals surface area contributed by atoms with Crippen molar-refractivity contribution >= 4 is 0 Å². The summed E-state index contributed by atoms with van der Waals surface area (Å²) in [7, 11) is 0. The topological polar surface area (TPSA) is 79.2 Å². The van der Waals surface area contributed by atoms with E-state index in [0.29, 0.717) is 6.61 Å². The highest BCUT2D eigenvalue weighted by atomic mass is 16.7. The minimum absolute atomic E-state index is 0.199. The lowest BCUT2D eigenvalue weighted by atomic mass is 10.0. The lowest BCUT2D eigenvalue weighted by molar-refractivity contribution is -0.260. The van der Waals surface area contributed by atoms with Crippen LogP contribution in [-0.2, 0) is 16.1 Å². The molecule has 0 spiro atoms. The molecule has 2 rings (SSSR count). The first kappa shape index (κ1) is 13.5. The fourth-order valence-electron chi connectivity index (χ4n) is 1.94. The zero-order valence-corrected chi connectivity index (χ0v) is 9.98. The minimum atomic E-state index is -1.06. The van der Waals surface area contributed by atoms with Crippen molar-refractivity contribution in [2.75, 3.05) is 6.61 Å². The molecule has 5 heteroatoms. The van der Waals surface area contributed by atoms with Gasteiger partial charge in [-0.25, -0.2) is 0 Å². The van der Waals surface area contributed by atoms with Crippen LogP contribution >= 0.6 is 0 Å². The summed E-state index contributed by atoms with van der Waals surface area (Å²) in [5.41, 5.74) is 1.00. The molecule has 0 aromatic heterocycles. The van der Waals surface area contributed by atoms with Gasteiger partial charge >= 0.3 is 0 Å². The molecule has 1 aromatic carbocycles. The van der Waals surface area contributed by atoms with Crippen LogP contribution in [0.4, 0.5) is 0 Å². The summed E-state index contributed by atoms with van der Waals surface area (Å²) in [5, 5.41) is 28.2. The van der Waals surface area contributed by atoms with E-state index in [4.69, 9.17) is 14.6 Å². The predicted octanol–water partition coefficient (Wildman–Crippen LogP) is 0.0323. The number of ether oxygens (including phenoxy) is 2. The second kappa shape index (κ2) is 6.26. The van der Waals surface area contributed by atoms with Gasteiger partial charge in [-0.2, -0.15) is 0 Å². The fraction of sp³-hybridized carbons (Fsp3) is 0.538. The lowest BCUT2D eigenvalue weighted by Crippen LogP contribution is -2.50. The molecule has 1 saturated heterocycles. The number of aliphatic hydroxyl groups is 3. The largest absolute Gasteiger partial charge is 0.394 e. The molecular formula is C13H18O5. The van der Waals surface area contributed by atoms with E-state index in [-0.39, 0.29) is 13.0 Å². The Morgan fingerprint density at radius 1 is 1.22 bits per heavy atom. The summed E-state index contributed by atoms with van der Waals surface area (Å²) in [5.74, 6) is 0. The number of hydrogen-bond donors (Lipinski definition) is 3. The first-order valence-corrected chi connectivity index (χ1v) is 5.98. The third-order valence-electron chi connectivity index (χ3n) is 2.99. The van der Waals surface area contributed by atoms with Gasteiger partial charge in [0.2, 0.25) is 0 Å². The molecule has 100 valence electrons. The van der Waals surface area contributed by atoms with E-state index < -0.39 is 24.6 Å². The molecule has 3 N–H and O–H groups in total. The SMILES string of the molecule is OC[C@H]1O[C@H](OCc2ccccc2)C[C@@H](O)[C@H]1O. The maximum Gasteiger partial charge on any atom is 0.161 e. The molecule has 1 aliphatic rings. The molecule has 1 aliphatic heterocycles. The quantitative estimate of drug-likeness (QED) is 0.706. The molecule has 1 heterocycles. The van der Waals surface area contributed by atoms with Crippen LogP contribution < -0.4 is 0 Å². The minimum Gasteiger partial charge on any atom is -0.394 e. The highest BCUT2D eigenvalue weighted by Gasteiger charge is 2.36. The second-order valence-corrected chi connectivity index (χ2v) is 4.38. The van der Waals surface area contributed by atoms with Gasteiger partial charge < -0.3 is 24.8 Å². The molecule has 0 bridgehead atoms. The highest BCUT2D eigenvalue weighted by Crippen LogP contribution is 2.21. The van der Waals surface area contributed by atoms with Gasteiger partial charge in [-0.3, -0.25) is 0 Å². The van der Waals surface area contributed by atoms with Crippen molar-refractivity contribution in [3.05, 3.63) is 35.9 Å². The summed E-state index contributed by atoms with van der Waals surface area (Å²) in [6.45, 7) is 0.0237. The number of hydrogen-bond acceptors (Lipinski definition) is 5. The second-order valence-electron chi connectivity index (χ2n) is 4.38. The van der Waals surface area contributed by atoms with Crippen LogP contribution in [-0.4, -0.2) is 46.5 Å². The number of aliphatic hydroxyl groups excluding tert-OH is 3. The zero-order valence-electron chi connectivity index (χ0n) is 9.98. The Kier molecular flexibility index (Phi) is 4.68. The first-order valence-electron chi connectivity index (χ1n) is 5.98. The summed E-state index contributed by atoms with van der Waals surface area (Å²) >= 11 is 0. The molecule has 5 nitrogen and oxygen atoms in total. The monoisotopic (exact) mass is 254 g/mol. The van der Waals surface area contributed by atoms with Crippen LogP contribution in [0.5, 0.6) is 0 Å².